The van der Waals surface area contributed by atoms with Gasteiger partial charge in [0, 0.05) is 19.5 Å². The van der Waals surface area contributed by atoms with Crippen molar-refractivity contribution in [2.75, 3.05) is 13.1 Å². The fourth-order valence-electron chi connectivity index (χ4n) is 2.81. The quantitative estimate of drug-likeness (QED) is 0.775. The highest BCUT2D eigenvalue weighted by Gasteiger charge is 2.44. The van der Waals surface area contributed by atoms with Gasteiger partial charge in [0.2, 0.25) is 5.91 Å². The second kappa shape index (κ2) is 7.47. The number of nitrogens with zero attached hydrogens (tertiary/aromatic N) is 2. The predicted octanol–water partition coefficient (Wildman–Crippen LogP) is 3.05. The lowest BCUT2D eigenvalue weighted by Gasteiger charge is -2.22. The van der Waals surface area contributed by atoms with E-state index in [9.17, 15) is 22.8 Å². The summed E-state index contributed by atoms with van der Waals surface area (Å²) in [5, 5.41) is 9.11. The Bertz CT molecular complexity index is 631. The zero-order chi connectivity index (χ0) is 17.7. The molecule has 2 rings (SSSR count). The zero-order valence-electron chi connectivity index (χ0n) is 12.9. The number of carbonyl (C=O) groups is 2. The van der Waals surface area contributed by atoms with E-state index in [4.69, 9.17) is 5.26 Å². The summed E-state index contributed by atoms with van der Waals surface area (Å²) in [4.78, 5) is 25.8. The molecule has 1 amide bonds. The molecule has 7 heteroatoms. The van der Waals surface area contributed by atoms with Gasteiger partial charge in [0.25, 0.3) is 0 Å². The molecule has 0 N–H and O–H groups in total. The molecule has 1 aromatic carbocycles. The van der Waals surface area contributed by atoms with Gasteiger partial charge in [0.05, 0.1) is 12.0 Å². The minimum absolute atomic E-state index is 0.0522. The van der Waals surface area contributed by atoms with Crippen LogP contribution in [0.4, 0.5) is 13.2 Å². The van der Waals surface area contributed by atoms with Crippen LogP contribution >= 0.6 is 0 Å². The minimum atomic E-state index is -4.63. The van der Waals surface area contributed by atoms with Crippen LogP contribution in [0.2, 0.25) is 0 Å². The first kappa shape index (κ1) is 18.0. The average molecular weight is 338 g/mol. The first-order valence-corrected chi connectivity index (χ1v) is 7.67. The Balaban J connectivity index is 2.17. The van der Waals surface area contributed by atoms with Gasteiger partial charge in [-0.25, -0.2) is 0 Å². The number of carbonyl (C=O) groups excluding carboxylic acids is 2. The smallest absolute Gasteiger partial charge is 0.341 e. The van der Waals surface area contributed by atoms with E-state index in [-0.39, 0.29) is 5.56 Å². The fraction of sp³-hybridized carbons (Fsp3) is 0.471. The summed E-state index contributed by atoms with van der Waals surface area (Å²) in [5.41, 5.74) is -0.0522. The number of amides is 1. The third-order valence-corrected chi connectivity index (χ3v) is 4.12. The van der Waals surface area contributed by atoms with Crippen molar-refractivity contribution in [2.45, 2.75) is 31.4 Å². The Morgan fingerprint density at radius 3 is 2.25 bits per heavy atom. The van der Waals surface area contributed by atoms with E-state index in [0.29, 0.717) is 13.1 Å². The number of benzene rings is 1. The van der Waals surface area contributed by atoms with Crippen molar-refractivity contribution in [1.29, 1.82) is 5.26 Å². The number of ketones is 1. The van der Waals surface area contributed by atoms with Gasteiger partial charge >= 0.3 is 6.18 Å². The molecule has 0 radical (unpaired) electrons. The lowest BCUT2D eigenvalue weighted by atomic mass is 9.88. The molecule has 1 fully saturated rings. The minimum Gasteiger partial charge on any atom is -0.341 e. The molecule has 0 aliphatic carbocycles. The highest BCUT2D eigenvalue weighted by molar-refractivity contribution is 6.04. The van der Waals surface area contributed by atoms with Crippen LogP contribution in [-0.4, -0.2) is 35.9 Å². The Hall–Kier alpha value is -2.36. The molecule has 1 saturated heterocycles. The number of nitriles is 1. The number of likely N-dealkylation sites (tertiary alicyclic amines) is 1. The molecule has 0 saturated carbocycles. The molecule has 0 aromatic heterocycles. The van der Waals surface area contributed by atoms with E-state index in [1.165, 1.54) is 29.2 Å². The molecule has 2 atom stereocenters. The topological polar surface area (TPSA) is 61.2 Å². The van der Waals surface area contributed by atoms with Crippen LogP contribution in [0, 0.1) is 17.2 Å². The number of hydrogen-bond acceptors (Lipinski definition) is 3. The van der Waals surface area contributed by atoms with Gasteiger partial charge in [-0.05, 0) is 18.4 Å². The van der Waals surface area contributed by atoms with Gasteiger partial charge in [0.1, 0.15) is 0 Å². The predicted molar refractivity (Wildman–Crippen MR) is 79.8 cm³/mol. The van der Waals surface area contributed by atoms with E-state index < -0.39 is 36.1 Å². The largest absolute Gasteiger partial charge is 0.396 e. The molecule has 24 heavy (non-hydrogen) atoms. The van der Waals surface area contributed by atoms with Crippen molar-refractivity contribution in [2.24, 2.45) is 5.92 Å². The van der Waals surface area contributed by atoms with E-state index in [2.05, 4.69) is 0 Å². The van der Waals surface area contributed by atoms with Crippen molar-refractivity contribution in [3.63, 3.8) is 0 Å². The Morgan fingerprint density at radius 1 is 1.17 bits per heavy atom. The van der Waals surface area contributed by atoms with Gasteiger partial charge < -0.3 is 4.90 Å². The van der Waals surface area contributed by atoms with Gasteiger partial charge in [-0.1, -0.05) is 30.3 Å². The zero-order valence-corrected chi connectivity index (χ0v) is 12.9. The number of rotatable bonds is 5. The van der Waals surface area contributed by atoms with Crippen molar-refractivity contribution < 1.29 is 22.8 Å². The Kier molecular flexibility index (Phi) is 5.60. The van der Waals surface area contributed by atoms with Gasteiger partial charge in [-0.3, -0.25) is 9.59 Å². The maximum absolute atomic E-state index is 13.3. The number of alkyl halides is 3. The summed E-state index contributed by atoms with van der Waals surface area (Å²) in [6, 6.07) is 8.64. The summed E-state index contributed by atoms with van der Waals surface area (Å²) in [5.74, 6) is -5.36. The monoisotopic (exact) mass is 338 g/mol. The first-order valence-electron chi connectivity index (χ1n) is 7.67. The molecule has 1 aliphatic heterocycles. The van der Waals surface area contributed by atoms with Gasteiger partial charge in [-0.2, -0.15) is 18.4 Å². The van der Waals surface area contributed by atoms with Crippen LogP contribution < -0.4 is 0 Å². The molecular formula is C17H17F3N2O2. The lowest BCUT2D eigenvalue weighted by Crippen LogP contribution is -2.38. The number of halogens is 3. The highest BCUT2D eigenvalue weighted by atomic mass is 19.4. The molecule has 1 aliphatic rings. The summed E-state index contributed by atoms with van der Waals surface area (Å²) < 4.78 is 39.9. The normalized spacial score (nSPS) is 17.2. The molecule has 1 heterocycles. The van der Waals surface area contributed by atoms with Crippen LogP contribution in [0.3, 0.4) is 0 Å². The fourth-order valence-corrected chi connectivity index (χ4v) is 2.81. The second-order valence-corrected chi connectivity index (χ2v) is 5.77. The average Bonchev–Trinajstić information content (AvgIpc) is 3.07. The molecule has 4 nitrogen and oxygen atoms in total. The first-order chi connectivity index (χ1) is 11.3. The Labute approximate surface area is 137 Å². The number of hydrogen-bond donors (Lipinski definition) is 0. The third-order valence-electron chi connectivity index (χ3n) is 4.12. The molecule has 1 aromatic rings. The lowest BCUT2D eigenvalue weighted by molar-refractivity contribution is -0.158. The van der Waals surface area contributed by atoms with Crippen LogP contribution in [0.5, 0.6) is 0 Å². The van der Waals surface area contributed by atoms with Crippen LogP contribution in [-0.2, 0) is 9.59 Å². The summed E-state index contributed by atoms with van der Waals surface area (Å²) in [7, 11) is 0. The third kappa shape index (κ3) is 4.13. The van der Waals surface area contributed by atoms with E-state index >= 15 is 0 Å². The van der Waals surface area contributed by atoms with Crippen molar-refractivity contribution >= 4 is 11.7 Å². The van der Waals surface area contributed by atoms with E-state index in [1.807, 2.05) is 0 Å². The van der Waals surface area contributed by atoms with Gasteiger partial charge in [-0.15, -0.1) is 0 Å². The highest BCUT2D eigenvalue weighted by Crippen LogP contribution is 2.38. The maximum Gasteiger partial charge on any atom is 0.396 e. The van der Waals surface area contributed by atoms with E-state index in [1.54, 1.807) is 12.1 Å². The van der Waals surface area contributed by atoms with Crippen LogP contribution in [0.15, 0.2) is 30.3 Å². The second-order valence-electron chi connectivity index (χ2n) is 5.77. The standard InChI is InChI=1S/C17H17F3N2O2/c18-17(19,20)14(12-6-2-1-3-7-12)10-15(23)13(11-21)16(24)22-8-4-5-9-22/h1-3,6-7,13-14H,4-5,8-10H2/t13-,14+/m1/s1. The van der Waals surface area contributed by atoms with Crippen LogP contribution in [0.1, 0.15) is 30.7 Å². The Morgan fingerprint density at radius 2 is 1.75 bits per heavy atom. The number of Topliss-reactive ketones (excluding diaryl/α,β-unsaturated/α-hetero) is 1. The van der Waals surface area contributed by atoms with Gasteiger partial charge in [0.15, 0.2) is 11.7 Å². The summed E-state index contributed by atoms with van der Waals surface area (Å²) in [6.45, 7) is 0.872. The van der Waals surface area contributed by atoms with Crippen LogP contribution in [0.25, 0.3) is 0 Å². The summed E-state index contributed by atoms with van der Waals surface area (Å²) >= 11 is 0. The molecule has 128 valence electrons. The molecule has 0 unspecified atom stereocenters. The molecular weight excluding hydrogens is 321 g/mol. The molecule has 0 spiro atoms. The molecule has 0 bridgehead atoms. The van der Waals surface area contributed by atoms with E-state index in [0.717, 1.165) is 12.8 Å². The van der Waals surface area contributed by atoms with Crippen molar-refractivity contribution in [1.82, 2.24) is 4.90 Å². The van der Waals surface area contributed by atoms with Crippen molar-refractivity contribution in [3.8, 4) is 6.07 Å². The maximum atomic E-state index is 13.3. The summed E-state index contributed by atoms with van der Waals surface area (Å²) in [6.07, 6.45) is -4.00. The SMILES string of the molecule is N#C[C@H](C(=O)C[C@@H](c1ccccc1)C(F)(F)F)C(=O)N1CCCC1. The van der Waals surface area contributed by atoms with Crippen molar-refractivity contribution in [3.05, 3.63) is 35.9 Å².